The van der Waals surface area contributed by atoms with Gasteiger partial charge in [-0.2, -0.15) is 5.10 Å². The molecule has 0 radical (unpaired) electrons. The normalized spacial score (nSPS) is 10.3. The molecule has 0 unspecified atom stereocenters. The molecule has 0 heterocycles. The first kappa shape index (κ1) is 19.1. The number of amides is 3. The van der Waals surface area contributed by atoms with Crippen LogP contribution in [0.4, 0.5) is 5.69 Å². The number of benzene rings is 2. The Morgan fingerprint density at radius 1 is 1.04 bits per heavy atom. The number of primary amides is 1. The first-order chi connectivity index (χ1) is 12.4. The van der Waals surface area contributed by atoms with E-state index in [4.69, 9.17) is 10.5 Å². The minimum atomic E-state index is -0.898. The monoisotopic (exact) mass is 418 g/mol. The lowest BCUT2D eigenvalue weighted by atomic mass is 10.2. The molecule has 0 atom stereocenters. The van der Waals surface area contributed by atoms with Crippen LogP contribution < -0.4 is 21.2 Å². The number of ether oxygens (including phenoxy) is 1. The van der Waals surface area contributed by atoms with Crippen LogP contribution in [0.3, 0.4) is 0 Å². The highest BCUT2D eigenvalue weighted by molar-refractivity contribution is 9.10. The largest absolute Gasteiger partial charge is 0.484 e. The molecule has 0 aliphatic heterocycles. The summed E-state index contributed by atoms with van der Waals surface area (Å²) < 4.78 is 5.97. The van der Waals surface area contributed by atoms with Gasteiger partial charge in [0, 0.05) is 10.2 Å². The predicted octanol–water partition coefficient (Wildman–Crippen LogP) is 1.40. The summed E-state index contributed by atoms with van der Waals surface area (Å²) in [6, 6.07) is 13.3. The maximum absolute atomic E-state index is 11.7. The van der Waals surface area contributed by atoms with Crippen molar-refractivity contribution >= 4 is 45.6 Å². The van der Waals surface area contributed by atoms with Crippen molar-refractivity contribution < 1.29 is 19.1 Å². The Morgan fingerprint density at radius 3 is 2.31 bits per heavy atom. The summed E-state index contributed by atoms with van der Waals surface area (Å²) in [6.45, 7) is -0.211. The standard InChI is InChI=1S/C17H15BrN4O4/c18-12-3-5-13(6-4-12)21-16(24)17(25)22-20-9-11-1-7-14(8-2-11)26-10-15(19)23/h1-9H,10H2,(H2,19,23)(H,21,24)(H,22,25)/b20-9-. The van der Waals surface area contributed by atoms with Crippen molar-refractivity contribution in [2.45, 2.75) is 0 Å². The molecule has 2 aromatic rings. The van der Waals surface area contributed by atoms with E-state index in [9.17, 15) is 14.4 Å². The van der Waals surface area contributed by atoms with Crippen molar-refractivity contribution in [3.05, 3.63) is 58.6 Å². The summed E-state index contributed by atoms with van der Waals surface area (Å²) in [5.74, 6) is -1.83. The maximum atomic E-state index is 11.7. The minimum Gasteiger partial charge on any atom is -0.484 e. The van der Waals surface area contributed by atoms with Crippen LogP contribution in [0.1, 0.15) is 5.56 Å². The Morgan fingerprint density at radius 2 is 1.69 bits per heavy atom. The van der Waals surface area contributed by atoms with E-state index < -0.39 is 17.7 Å². The zero-order valence-corrected chi connectivity index (χ0v) is 15.0. The lowest BCUT2D eigenvalue weighted by Gasteiger charge is -2.04. The van der Waals surface area contributed by atoms with E-state index in [1.165, 1.54) is 6.21 Å². The molecule has 0 aliphatic carbocycles. The number of anilines is 1. The Bertz CT molecular complexity index is 820. The highest BCUT2D eigenvalue weighted by Crippen LogP contribution is 2.14. The highest BCUT2D eigenvalue weighted by atomic mass is 79.9. The van der Waals surface area contributed by atoms with Gasteiger partial charge in [0.15, 0.2) is 6.61 Å². The van der Waals surface area contributed by atoms with E-state index in [1.54, 1.807) is 48.5 Å². The van der Waals surface area contributed by atoms with Crippen LogP contribution in [-0.4, -0.2) is 30.5 Å². The molecular formula is C17H15BrN4O4. The zero-order chi connectivity index (χ0) is 18.9. The first-order valence-electron chi connectivity index (χ1n) is 7.35. The van der Waals surface area contributed by atoms with E-state index in [-0.39, 0.29) is 6.61 Å². The van der Waals surface area contributed by atoms with Crippen molar-refractivity contribution in [3.8, 4) is 5.75 Å². The van der Waals surface area contributed by atoms with Gasteiger partial charge in [0.1, 0.15) is 5.75 Å². The quantitative estimate of drug-likeness (QED) is 0.372. The fourth-order valence-corrected chi connectivity index (χ4v) is 2.01. The molecule has 134 valence electrons. The number of hydrazone groups is 1. The smallest absolute Gasteiger partial charge is 0.329 e. The number of nitrogens with zero attached hydrogens (tertiary/aromatic N) is 1. The van der Waals surface area contributed by atoms with E-state index in [2.05, 4.69) is 31.8 Å². The van der Waals surface area contributed by atoms with E-state index in [1.807, 2.05) is 0 Å². The van der Waals surface area contributed by atoms with Gasteiger partial charge in [-0.05, 0) is 54.1 Å². The molecule has 0 spiro atoms. The van der Waals surface area contributed by atoms with Gasteiger partial charge in [0.05, 0.1) is 6.21 Å². The number of nitrogens with two attached hydrogens (primary N) is 1. The number of hydrogen-bond donors (Lipinski definition) is 3. The predicted molar refractivity (Wildman–Crippen MR) is 99.6 cm³/mol. The summed E-state index contributed by atoms with van der Waals surface area (Å²) in [5.41, 5.74) is 8.26. The van der Waals surface area contributed by atoms with E-state index in [0.29, 0.717) is 17.0 Å². The number of hydrogen-bond acceptors (Lipinski definition) is 5. The van der Waals surface area contributed by atoms with Crippen LogP contribution in [0, 0.1) is 0 Å². The maximum Gasteiger partial charge on any atom is 0.329 e. The molecule has 0 fully saturated rings. The molecule has 4 N–H and O–H groups in total. The second-order valence-corrected chi connectivity index (χ2v) is 5.90. The summed E-state index contributed by atoms with van der Waals surface area (Å²) >= 11 is 3.28. The average Bonchev–Trinajstić information content (AvgIpc) is 2.62. The number of halogens is 1. The fraction of sp³-hybridized carbons (Fsp3) is 0.0588. The molecule has 0 aromatic heterocycles. The molecule has 2 rings (SSSR count). The molecule has 3 amide bonds. The molecule has 8 nitrogen and oxygen atoms in total. The average molecular weight is 419 g/mol. The Balaban J connectivity index is 1.83. The molecule has 26 heavy (non-hydrogen) atoms. The van der Waals surface area contributed by atoms with Crippen LogP contribution in [0.5, 0.6) is 5.75 Å². The van der Waals surface area contributed by atoms with Crippen molar-refractivity contribution in [2.75, 3.05) is 11.9 Å². The summed E-state index contributed by atoms with van der Waals surface area (Å²) in [6.07, 6.45) is 1.36. The SMILES string of the molecule is NC(=O)COc1ccc(/C=N\NC(=O)C(=O)Nc2ccc(Br)cc2)cc1. The molecule has 2 aromatic carbocycles. The summed E-state index contributed by atoms with van der Waals surface area (Å²) in [5, 5.41) is 6.16. The van der Waals surface area contributed by atoms with E-state index >= 15 is 0 Å². The third-order valence-electron chi connectivity index (χ3n) is 2.95. The van der Waals surface area contributed by atoms with Crippen LogP contribution in [0.25, 0.3) is 0 Å². The topological polar surface area (TPSA) is 123 Å². The van der Waals surface area contributed by atoms with Crippen LogP contribution in [-0.2, 0) is 14.4 Å². The minimum absolute atomic E-state index is 0.211. The van der Waals surface area contributed by atoms with Gasteiger partial charge < -0.3 is 15.8 Å². The van der Waals surface area contributed by atoms with Gasteiger partial charge in [-0.3, -0.25) is 14.4 Å². The second-order valence-electron chi connectivity index (χ2n) is 4.98. The van der Waals surface area contributed by atoms with Crippen LogP contribution in [0.15, 0.2) is 58.1 Å². The molecule has 0 saturated carbocycles. The Hall–Kier alpha value is -3.20. The summed E-state index contributed by atoms with van der Waals surface area (Å²) in [7, 11) is 0. The van der Waals surface area contributed by atoms with Gasteiger partial charge in [-0.25, -0.2) is 5.43 Å². The highest BCUT2D eigenvalue weighted by Gasteiger charge is 2.12. The van der Waals surface area contributed by atoms with Gasteiger partial charge in [0.2, 0.25) is 0 Å². The first-order valence-corrected chi connectivity index (χ1v) is 8.14. The second kappa shape index (κ2) is 9.33. The van der Waals surface area contributed by atoms with Crippen molar-refractivity contribution in [2.24, 2.45) is 10.8 Å². The van der Waals surface area contributed by atoms with Crippen molar-refractivity contribution in [1.82, 2.24) is 5.43 Å². The molecule has 0 aliphatic rings. The third kappa shape index (κ3) is 6.36. The summed E-state index contributed by atoms with van der Waals surface area (Å²) in [4.78, 5) is 34.1. The zero-order valence-electron chi connectivity index (χ0n) is 13.4. The lowest BCUT2D eigenvalue weighted by molar-refractivity contribution is -0.136. The van der Waals surface area contributed by atoms with Gasteiger partial charge in [-0.1, -0.05) is 15.9 Å². The lowest BCUT2D eigenvalue weighted by Crippen LogP contribution is -2.32. The third-order valence-corrected chi connectivity index (χ3v) is 3.48. The van der Waals surface area contributed by atoms with Gasteiger partial charge in [-0.15, -0.1) is 0 Å². The number of rotatable bonds is 6. The van der Waals surface area contributed by atoms with Crippen molar-refractivity contribution in [1.29, 1.82) is 0 Å². The fourth-order valence-electron chi connectivity index (χ4n) is 1.74. The number of carbonyl (C=O) groups excluding carboxylic acids is 3. The molecule has 9 heteroatoms. The molecule has 0 saturated heterocycles. The van der Waals surface area contributed by atoms with Crippen LogP contribution >= 0.6 is 15.9 Å². The molecular weight excluding hydrogens is 404 g/mol. The van der Waals surface area contributed by atoms with Crippen molar-refractivity contribution in [3.63, 3.8) is 0 Å². The Labute approximate surface area is 157 Å². The van der Waals surface area contributed by atoms with E-state index in [0.717, 1.165) is 4.47 Å². The van der Waals surface area contributed by atoms with Gasteiger partial charge in [0.25, 0.3) is 5.91 Å². The molecule has 0 bridgehead atoms. The number of carbonyl (C=O) groups is 3. The Kier molecular flexibility index (Phi) is 6.86. The number of nitrogens with one attached hydrogen (secondary N) is 2. The van der Waals surface area contributed by atoms with Crippen LogP contribution in [0.2, 0.25) is 0 Å². The van der Waals surface area contributed by atoms with Gasteiger partial charge >= 0.3 is 11.8 Å².